The van der Waals surface area contributed by atoms with Gasteiger partial charge in [0.25, 0.3) is 11.1 Å². The number of pyridine rings is 2. The minimum atomic E-state index is -0.240. The summed E-state index contributed by atoms with van der Waals surface area (Å²) in [6.45, 7) is 3.94. The Morgan fingerprint density at radius 3 is 1.97 bits per heavy atom. The predicted octanol–water partition coefficient (Wildman–Crippen LogP) is 1.91. The summed E-state index contributed by atoms with van der Waals surface area (Å²) in [5, 5.41) is 8.25. The van der Waals surface area contributed by atoms with E-state index in [-0.39, 0.29) is 22.5 Å². The Labute approximate surface area is 187 Å². The number of nitrogens with zero attached hydrogens (tertiary/aromatic N) is 5. The Hall–Kier alpha value is -3.60. The molecule has 5 N–H and O–H groups in total. The van der Waals surface area contributed by atoms with Crippen LogP contribution in [0.1, 0.15) is 11.4 Å². The molecule has 0 amide bonds. The Morgan fingerprint density at radius 1 is 0.935 bits per heavy atom. The highest BCUT2D eigenvalue weighted by molar-refractivity contribution is 9.10. The van der Waals surface area contributed by atoms with Crippen LogP contribution in [-0.4, -0.2) is 29.1 Å². The molecule has 0 spiro atoms. The zero-order chi connectivity index (χ0) is 23.1. The van der Waals surface area contributed by atoms with Gasteiger partial charge in [-0.3, -0.25) is 23.5 Å². The molecule has 31 heavy (non-hydrogen) atoms. The topological polar surface area (TPSA) is 143 Å². The van der Waals surface area contributed by atoms with Gasteiger partial charge in [-0.2, -0.15) is 10.2 Å². The molecule has 4 heterocycles. The van der Waals surface area contributed by atoms with Gasteiger partial charge < -0.3 is 16.5 Å². The lowest BCUT2D eigenvalue weighted by molar-refractivity contribution is 0.724. The van der Waals surface area contributed by atoms with Gasteiger partial charge in [-0.1, -0.05) is 0 Å². The maximum atomic E-state index is 11.7. The van der Waals surface area contributed by atoms with Crippen molar-refractivity contribution in [2.75, 3.05) is 11.5 Å². The highest BCUT2D eigenvalue weighted by Crippen LogP contribution is 2.07. The molecule has 0 unspecified atom stereocenters. The summed E-state index contributed by atoms with van der Waals surface area (Å²) in [4.78, 5) is 24.5. The second kappa shape index (κ2) is 10.4. The van der Waals surface area contributed by atoms with E-state index in [1.807, 2.05) is 44.8 Å². The summed E-state index contributed by atoms with van der Waals surface area (Å²) >= 11 is 3.25. The number of hydrogen-bond donors (Lipinski definition) is 3. The molecule has 0 aliphatic heterocycles. The number of aromatic nitrogens is 6. The molecule has 0 aliphatic rings. The number of hydrogen-bond acceptors (Lipinski definition) is 6. The van der Waals surface area contributed by atoms with Crippen molar-refractivity contribution in [3.8, 4) is 5.82 Å². The van der Waals surface area contributed by atoms with Crippen LogP contribution in [-0.2, 0) is 14.1 Å². The van der Waals surface area contributed by atoms with Crippen LogP contribution >= 0.6 is 15.9 Å². The molecule has 164 valence electrons. The van der Waals surface area contributed by atoms with Gasteiger partial charge in [-0.15, -0.1) is 0 Å². The largest absolute Gasteiger partial charge is 0.394 e. The van der Waals surface area contributed by atoms with Crippen LogP contribution in [0.5, 0.6) is 0 Å². The van der Waals surface area contributed by atoms with E-state index in [9.17, 15) is 9.59 Å². The number of nitrogen functional groups attached to an aromatic ring is 2. The maximum absolute atomic E-state index is 11.7. The van der Waals surface area contributed by atoms with Crippen LogP contribution in [0.25, 0.3) is 5.82 Å². The predicted molar refractivity (Wildman–Crippen MR) is 125 cm³/mol. The second-order valence-electron chi connectivity index (χ2n) is 6.59. The molecule has 11 heteroatoms. The molecule has 0 atom stereocenters. The van der Waals surface area contributed by atoms with Crippen molar-refractivity contribution in [2.24, 2.45) is 14.1 Å². The molecule has 0 saturated heterocycles. The fraction of sp³-hybridized carbons (Fsp3) is 0.200. The summed E-state index contributed by atoms with van der Waals surface area (Å²) in [5.74, 6) is 0.590. The molecule has 4 rings (SSSR count). The van der Waals surface area contributed by atoms with Crippen molar-refractivity contribution >= 4 is 27.3 Å². The van der Waals surface area contributed by atoms with Gasteiger partial charge in [0.1, 0.15) is 4.60 Å². The number of aryl methyl sites for hydroxylation is 4. The van der Waals surface area contributed by atoms with Gasteiger partial charge >= 0.3 is 0 Å². The quantitative estimate of drug-likeness (QED) is 0.373. The average Bonchev–Trinajstić information content (AvgIpc) is 3.20. The van der Waals surface area contributed by atoms with E-state index in [4.69, 9.17) is 11.5 Å². The van der Waals surface area contributed by atoms with E-state index in [1.165, 1.54) is 4.57 Å². The van der Waals surface area contributed by atoms with E-state index >= 15 is 0 Å². The molecule has 4 aromatic heterocycles. The molecule has 0 fully saturated rings. The van der Waals surface area contributed by atoms with Crippen molar-refractivity contribution in [3.63, 3.8) is 0 Å². The van der Waals surface area contributed by atoms with E-state index in [0.717, 1.165) is 16.0 Å². The summed E-state index contributed by atoms with van der Waals surface area (Å²) in [5.41, 5.74) is 12.9. The van der Waals surface area contributed by atoms with E-state index in [1.54, 1.807) is 41.3 Å². The van der Waals surface area contributed by atoms with Crippen molar-refractivity contribution in [3.05, 3.63) is 85.5 Å². The fourth-order valence-corrected chi connectivity index (χ4v) is 2.87. The fourth-order valence-electron chi connectivity index (χ4n) is 2.30. The number of nitrogens with two attached hydrogens (primary N) is 2. The first-order valence-electron chi connectivity index (χ1n) is 9.17. The SMILES string of the molecule is Cc1cc(-n2cccc(N)c2=O)nn1C.Cc1cc(Br)nn1C.Nc1ccc[nH]c1=O. The first kappa shape index (κ1) is 23.7. The van der Waals surface area contributed by atoms with Gasteiger partial charge in [-0.05, 0) is 60.1 Å². The number of aromatic amines is 1. The highest BCUT2D eigenvalue weighted by Gasteiger charge is 2.06. The molecule has 4 aromatic rings. The summed E-state index contributed by atoms with van der Waals surface area (Å²) in [7, 11) is 3.75. The van der Waals surface area contributed by atoms with Gasteiger partial charge in [0.15, 0.2) is 5.82 Å². The third kappa shape index (κ3) is 6.44. The molecule has 0 aliphatic carbocycles. The van der Waals surface area contributed by atoms with Crippen LogP contribution in [0.4, 0.5) is 11.4 Å². The van der Waals surface area contributed by atoms with E-state index < -0.39 is 0 Å². The lowest BCUT2D eigenvalue weighted by Crippen LogP contribution is -2.20. The Morgan fingerprint density at radius 2 is 1.55 bits per heavy atom. The molecule has 10 nitrogen and oxygen atoms in total. The van der Waals surface area contributed by atoms with Gasteiger partial charge in [-0.25, -0.2) is 0 Å². The van der Waals surface area contributed by atoms with Gasteiger partial charge in [0, 0.05) is 43.9 Å². The van der Waals surface area contributed by atoms with Crippen LogP contribution in [0.3, 0.4) is 0 Å². The maximum Gasteiger partial charge on any atom is 0.279 e. The molecule has 0 bridgehead atoms. The summed E-state index contributed by atoms with van der Waals surface area (Å²) < 4.78 is 5.87. The number of rotatable bonds is 1. The number of halogens is 1. The van der Waals surface area contributed by atoms with E-state index in [0.29, 0.717) is 5.82 Å². The Balaban J connectivity index is 0.000000181. The third-order valence-electron chi connectivity index (χ3n) is 4.26. The van der Waals surface area contributed by atoms with Gasteiger partial charge in [0.2, 0.25) is 0 Å². The minimum Gasteiger partial charge on any atom is -0.394 e. The number of H-pyrrole nitrogens is 1. The number of nitrogens with one attached hydrogen (secondary N) is 1. The zero-order valence-electron chi connectivity index (χ0n) is 17.7. The smallest absolute Gasteiger partial charge is 0.279 e. The second-order valence-corrected chi connectivity index (χ2v) is 7.41. The Kier molecular flexibility index (Phi) is 7.97. The molecule has 0 radical (unpaired) electrons. The first-order chi connectivity index (χ1) is 14.6. The highest BCUT2D eigenvalue weighted by atomic mass is 79.9. The standard InChI is InChI=1S/C10H12N4O.C5H7BrN2.C5H6N2O/c1-7-6-9(12-13(7)2)14-5-3-4-8(11)10(14)15;1-4-3-5(6)7-8(4)2;6-4-2-1-3-7-5(4)8/h3-6H,11H2,1-2H3;3H,1-2H3;1-3H,6H2,(H,7,8). The normalized spacial score (nSPS) is 9.97. The molecule has 0 saturated carbocycles. The van der Waals surface area contributed by atoms with Gasteiger partial charge in [0.05, 0.1) is 11.4 Å². The number of anilines is 2. The Bertz CT molecular complexity index is 1230. The monoisotopic (exact) mass is 488 g/mol. The zero-order valence-corrected chi connectivity index (χ0v) is 19.3. The first-order valence-corrected chi connectivity index (χ1v) is 9.97. The van der Waals surface area contributed by atoms with Crippen LogP contribution in [0.15, 0.2) is 63.0 Å². The summed E-state index contributed by atoms with van der Waals surface area (Å²) in [6.07, 6.45) is 3.19. The van der Waals surface area contributed by atoms with Crippen LogP contribution < -0.4 is 22.6 Å². The van der Waals surface area contributed by atoms with Crippen molar-refractivity contribution in [1.29, 1.82) is 0 Å². The van der Waals surface area contributed by atoms with E-state index in [2.05, 4.69) is 31.1 Å². The van der Waals surface area contributed by atoms with Crippen molar-refractivity contribution < 1.29 is 0 Å². The summed E-state index contributed by atoms with van der Waals surface area (Å²) in [6, 6.07) is 10.3. The molecule has 0 aromatic carbocycles. The lowest BCUT2D eigenvalue weighted by Gasteiger charge is -2.01. The van der Waals surface area contributed by atoms with Crippen molar-refractivity contribution in [1.82, 2.24) is 29.1 Å². The van der Waals surface area contributed by atoms with Crippen molar-refractivity contribution in [2.45, 2.75) is 13.8 Å². The molecular formula is C20H25BrN8O2. The lowest BCUT2D eigenvalue weighted by atomic mass is 10.4. The average molecular weight is 489 g/mol. The minimum absolute atomic E-state index is 0.223. The van der Waals surface area contributed by atoms with Crippen LogP contribution in [0, 0.1) is 13.8 Å². The third-order valence-corrected chi connectivity index (χ3v) is 4.64. The van der Waals surface area contributed by atoms with Crippen LogP contribution in [0.2, 0.25) is 0 Å². The molecular weight excluding hydrogens is 464 g/mol.